The molecule has 1 heterocycles. The predicted octanol–water partition coefficient (Wildman–Crippen LogP) is 7.46. The maximum absolute atomic E-state index is 6.64. The lowest BCUT2D eigenvalue weighted by Gasteiger charge is -2.36. The second-order valence-electron chi connectivity index (χ2n) is 7.64. The van der Waals surface area contributed by atoms with Gasteiger partial charge in [0.2, 0.25) is 0 Å². The molecule has 0 aliphatic carbocycles. The molecule has 22 heavy (non-hydrogen) atoms. The molecule has 1 nitrogen and oxygen atoms in total. The van der Waals surface area contributed by atoms with Crippen LogP contribution in [0.1, 0.15) is 104 Å². The summed E-state index contributed by atoms with van der Waals surface area (Å²) < 4.78 is 6.64. The lowest BCUT2D eigenvalue weighted by atomic mass is 10.1. The van der Waals surface area contributed by atoms with Crippen LogP contribution in [0, 0.1) is 0 Å². The van der Waals surface area contributed by atoms with E-state index in [1.165, 1.54) is 102 Å². The Morgan fingerprint density at radius 3 is 1.86 bits per heavy atom. The zero-order valence-corrected chi connectivity index (χ0v) is 16.8. The summed E-state index contributed by atoms with van der Waals surface area (Å²) >= 11 is 0. The fourth-order valence-electron chi connectivity index (χ4n) is 3.98. The van der Waals surface area contributed by atoms with Crippen LogP contribution in [0.3, 0.4) is 0 Å². The Morgan fingerprint density at radius 1 is 0.773 bits per heavy atom. The Hall–Kier alpha value is 0.177. The van der Waals surface area contributed by atoms with Crippen molar-refractivity contribution in [1.29, 1.82) is 0 Å². The van der Waals surface area contributed by atoms with Gasteiger partial charge in [0, 0.05) is 6.10 Å². The van der Waals surface area contributed by atoms with Crippen molar-refractivity contribution in [2.24, 2.45) is 0 Å². The SMILES string of the molecule is CCCCCCCCCCCC(C)O[Si]1(CC)CCCCC1. The lowest BCUT2D eigenvalue weighted by Crippen LogP contribution is -2.42. The first-order chi connectivity index (χ1) is 10.7. The van der Waals surface area contributed by atoms with Crippen molar-refractivity contribution in [3.63, 3.8) is 0 Å². The van der Waals surface area contributed by atoms with Gasteiger partial charge in [-0.2, -0.15) is 0 Å². The second-order valence-corrected chi connectivity index (χ2v) is 12.0. The Labute approximate surface area is 141 Å². The molecule has 2 heteroatoms. The molecule has 0 N–H and O–H groups in total. The third-order valence-corrected chi connectivity index (χ3v) is 10.3. The Balaban J connectivity index is 1.99. The van der Waals surface area contributed by atoms with Gasteiger partial charge in [-0.15, -0.1) is 0 Å². The van der Waals surface area contributed by atoms with Gasteiger partial charge < -0.3 is 4.43 Å². The molecule has 0 radical (unpaired) electrons. The quantitative estimate of drug-likeness (QED) is 0.252. The van der Waals surface area contributed by atoms with Crippen LogP contribution in [0.2, 0.25) is 18.1 Å². The number of unbranched alkanes of at least 4 members (excludes halogenated alkanes) is 8. The van der Waals surface area contributed by atoms with E-state index in [-0.39, 0.29) is 0 Å². The smallest absolute Gasteiger partial charge is 0.192 e. The lowest BCUT2D eigenvalue weighted by molar-refractivity contribution is 0.186. The Morgan fingerprint density at radius 2 is 1.32 bits per heavy atom. The van der Waals surface area contributed by atoms with Gasteiger partial charge in [0.25, 0.3) is 0 Å². The average Bonchev–Trinajstić information content (AvgIpc) is 2.54. The molecule has 0 amide bonds. The molecular weight excluding hydrogens is 284 g/mol. The zero-order valence-electron chi connectivity index (χ0n) is 15.8. The molecule has 0 bridgehead atoms. The largest absolute Gasteiger partial charge is 0.414 e. The zero-order chi connectivity index (χ0) is 16.1. The van der Waals surface area contributed by atoms with E-state index >= 15 is 0 Å². The van der Waals surface area contributed by atoms with Gasteiger partial charge in [-0.3, -0.25) is 0 Å². The molecular formula is C20H42OSi. The highest BCUT2D eigenvalue weighted by Crippen LogP contribution is 2.34. The van der Waals surface area contributed by atoms with Crippen molar-refractivity contribution < 1.29 is 4.43 Å². The summed E-state index contributed by atoms with van der Waals surface area (Å²) in [6, 6.07) is 4.21. The van der Waals surface area contributed by atoms with Crippen molar-refractivity contribution in [2.75, 3.05) is 0 Å². The molecule has 1 aliphatic heterocycles. The van der Waals surface area contributed by atoms with Gasteiger partial charge in [-0.1, -0.05) is 90.9 Å². The predicted molar refractivity (Wildman–Crippen MR) is 102 cm³/mol. The van der Waals surface area contributed by atoms with Crippen LogP contribution in [0.4, 0.5) is 0 Å². The summed E-state index contributed by atoms with van der Waals surface area (Å²) in [6.45, 7) is 7.01. The standard InChI is InChI=1S/C20H42OSi/c1-4-6-7-8-9-10-11-12-14-17-20(3)21-22(5-2)18-15-13-16-19-22/h20H,4-19H2,1-3H3. The first-order valence-corrected chi connectivity index (χ1v) is 12.9. The summed E-state index contributed by atoms with van der Waals surface area (Å²) in [5.41, 5.74) is 0. The van der Waals surface area contributed by atoms with Crippen LogP contribution < -0.4 is 0 Å². The monoisotopic (exact) mass is 326 g/mol. The van der Waals surface area contributed by atoms with Gasteiger partial charge in [0.15, 0.2) is 8.32 Å². The number of rotatable bonds is 13. The molecule has 1 saturated heterocycles. The molecule has 0 aromatic heterocycles. The molecule has 1 unspecified atom stereocenters. The molecule has 1 rings (SSSR count). The molecule has 1 fully saturated rings. The van der Waals surface area contributed by atoms with Crippen LogP contribution in [0.5, 0.6) is 0 Å². The van der Waals surface area contributed by atoms with E-state index in [1.54, 1.807) is 0 Å². The maximum Gasteiger partial charge on any atom is 0.192 e. The first-order valence-electron chi connectivity index (χ1n) is 10.4. The van der Waals surface area contributed by atoms with Gasteiger partial charge in [-0.05, 0) is 31.5 Å². The summed E-state index contributed by atoms with van der Waals surface area (Å²) in [6.07, 6.45) is 19.0. The van der Waals surface area contributed by atoms with Crippen LogP contribution in [0.25, 0.3) is 0 Å². The summed E-state index contributed by atoms with van der Waals surface area (Å²) in [4.78, 5) is 0. The number of hydrogen-bond donors (Lipinski definition) is 0. The van der Waals surface area contributed by atoms with Gasteiger partial charge in [-0.25, -0.2) is 0 Å². The highest BCUT2D eigenvalue weighted by molar-refractivity contribution is 6.73. The summed E-state index contributed by atoms with van der Waals surface area (Å²) in [5, 5.41) is 0. The summed E-state index contributed by atoms with van der Waals surface area (Å²) in [7, 11) is -1.31. The Bertz CT molecular complexity index is 248. The number of hydrogen-bond acceptors (Lipinski definition) is 1. The van der Waals surface area contributed by atoms with Gasteiger partial charge >= 0.3 is 0 Å². The average molecular weight is 327 g/mol. The normalized spacial score (nSPS) is 19.2. The van der Waals surface area contributed by atoms with E-state index in [9.17, 15) is 0 Å². The first kappa shape index (κ1) is 20.2. The van der Waals surface area contributed by atoms with Crippen molar-refractivity contribution in [3.05, 3.63) is 0 Å². The summed E-state index contributed by atoms with van der Waals surface area (Å²) in [5.74, 6) is 0. The highest BCUT2D eigenvalue weighted by atomic mass is 28.4. The van der Waals surface area contributed by atoms with E-state index < -0.39 is 8.32 Å². The molecule has 0 spiro atoms. The maximum atomic E-state index is 6.64. The van der Waals surface area contributed by atoms with Gasteiger partial charge in [0.1, 0.15) is 0 Å². The van der Waals surface area contributed by atoms with E-state index in [4.69, 9.17) is 4.43 Å². The molecule has 0 saturated carbocycles. The Kier molecular flexibility index (Phi) is 11.6. The third-order valence-electron chi connectivity index (χ3n) is 5.57. The molecule has 1 aliphatic rings. The van der Waals surface area contributed by atoms with Crippen LogP contribution >= 0.6 is 0 Å². The van der Waals surface area contributed by atoms with E-state index in [0.29, 0.717) is 6.10 Å². The van der Waals surface area contributed by atoms with Crippen molar-refractivity contribution >= 4 is 8.32 Å². The van der Waals surface area contributed by atoms with Gasteiger partial charge in [0.05, 0.1) is 0 Å². The molecule has 0 aromatic rings. The topological polar surface area (TPSA) is 9.23 Å². The molecule has 1 atom stereocenters. The minimum atomic E-state index is -1.31. The molecule has 132 valence electrons. The van der Waals surface area contributed by atoms with E-state index in [1.807, 2.05) is 0 Å². The van der Waals surface area contributed by atoms with Crippen molar-refractivity contribution in [1.82, 2.24) is 0 Å². The van der Waals surface area contributed by atoms with E-state index in [0.717, 1.165) is 0 Å². The third kappa shape index (κ3) is 8.72. The fourth-order valence-corrected chi connectivity index (χ4v) is 8.10. The van der Waals surface area contributed by atoms with Crippen molar-refractivity contribution in [2.45, 2.75) is 128 Å². The van der Waals surface area contributed by atoms with Crippen molar-refractivity contribution in [3.8, 4) is 0 Å². The van der Waals surface area contributed by atoms with Crippen LogP contribution in [0.15, 0.2) is 0 Å². The minimum absolute atomic E-state index is 0.522. The molecule has 0 aromatic carbocycles. The van der Waals surface area contributed by atoms with Crippen LogP contribution in [-0.4, -0.2) is 14.4 Å². The fraction of sp³-hybridized carbons (Fsp3) is 1.00. The minimum Gasteiger partial charge on any atom is -0.414 e. The highest BCUT2D eigenvalue weighted by Gasteiger charge is 2.35. The van der Waals surface area contributed by atoms with Crippen LogP contribution in [-0.2, 0) is 4.43 Å². The second kappa shape index (κ2) is 12.6. The van der Waals surface area contributed by atoms with E-state index in [2.05, 4.69) is 20.8 Å².